The number of phenols is 1. The number of hydrogen-bond acceptors (Lipinski definition) is 3. The molecule has 14 heavy (non-hydrogen) atoms. The molecule has 6 heteroatoms. The first kappa shape index (κ1) is 13.0. The van der Waals surface area contributed by atoms with Crippen LogP contribution in [0.15, 0.2) is 18.2 Å². The zero-order chi connectivity index (χ0) is 10.0. The van der Waals surface area contributed by atoms with Gasteiger partial charge in [-0.05, 0) is 12.1 Å². The monoisotopic (exact) mass is 206 g/mol. The Morgan fingerprint density at radius 1 is 1.07 bits per heavy atom. The Balaban J connectivity index is 0.00000169. The van der Waals surface area contributed by atoms with Gasteiger partial charge in [-0.25, -0.2) is 9.59 Å². The van der Waals surface area contributed by atoms with Gasteiger partial charge < -0.3 is 15.3 Å². The van der Waals surface area contributed by atoms with Crippen molar-refractivity contribution >= 4 is 41.5 Å². The van der Waals surface area contributed by atoms with Crippen LogP contribution < -0.4 is 0 Å². The summed E-state index contributed by atoms with van der Waals surface area (Å²) in [5, 5.41) is 26.2. The SMILES string of the molecule is O=C(O)c1cccc(O)c1C(=O)O.[NaH]. The van der Waals surface area contributed by atoms with Gasteiger partial charge in [0.25, 0.3) is 0 Å². The van der Waals surface area contributed by atoms with Crippen LogP contribution in [0.3, 0.4) is 0 Å². The number of hydrogen-bond donors (Lipinski definition) is 3. The number of benzene rings is 1. The molecule has 0 heterocycles. The Kier molecular flexibility index (Phi) is 4.62. The molecule has 1 rings (SSSR count). The second-order valence-corrected chi connectivity index (χ2v) is 2.31. The molecule has 0 fully saturated rings. The third kappa shape index (κ3) is 2.47. The van der Waals surface area contributed by atoms with Gasteiger partial charge in [-0.1, -0.05) is 6.07 Å². The van der Waals surface area contributed by atoms with Gasteiger partial charge >= 0.3 is 41.5 Å². The van der Waals surface area contributed by atoms with Crippen LogP contribution >= 0.6 is 0 Å². The van der Waals surface area contributed by atoms with Gasteiger partial charge in [0.2, 0.25) is 0 Å². The van der Waals surface area contributed by atoms with Crippen molar-refractivity contribution in [2.75, 3.05) is 0 Å². The average molecular weight is 206 g/mol. The van der Waals surface area contributed by atoms with Crippen molar-refractivity contribution in [1.29, 1.82) is 0 Å². The van der Waals surface area contributed by atoms with Crippen LogP contribution in [-0.4, -0.2) is 56.8 Å². The number of aromatic hydroxyl groups is 1. The van der Waals surface area contributed by atoms with E-state index in [1.165, 1.54) is 6.07 Å². The first-order valence-corrected chi connectivity index (χ1v) is 3.32. The van der Waals surface area contributed by atoms with E-state index in [9.17, 15) is 9.59 Å². The average Bonchev–Trinajstić information content (AvgIpc) is 2.02. The summed E-state index contributed by atoms with van der Waals surface area (Å²) in [5.41, 5.74) is -1.01. The summed E-state index contributed by atoms with van der Waals surface area (Å²) in [6.07, 6.45) is 0. The van der Waals surface area contributed by atoms with E-state index in [0.717, 1.165) is 12.1 Å². The van der Waals surface area contributed by atoms with Crippen LogP contribution in [0.1, 0.15) is 20.7 Å². The Bertz CT molecular complexity index is 374. The number of rotatable bonds is 2. The summed E-state index contributed by atoms with van der Waals surface area (Å²) < 4.78 is 0. The van der Waals surface area contributed by atoms with Crippen molar-refractivity contribution < 1.29 is 24.9 Å². The molecular weight excluding hydrogens is 199 g/mol. The molecule has 0 aliphatic heterocycles. The number of aromatic carboxylic acids is 2. The molecule has 0 saturated heterocycles. The second-order valence-electron chi connectivity index (χ2n) is 2.31. The summed E-state index contributed by atoms with van der Waals surface area (Å²) in [7, 11) is 0. The van der Waals surface area contributed by atoms with Gasteiger partial charge in [-0.15, -0.1) is 0 Å². The van der Waals surface area contributed by atoms with E-state index in [4.69, 9.17) is 15.3 Å². The summed E-state index contributed by atoms with van der Waals surface area (Å²) in [5.74, 6) is -3.39. The summed E-state index contributed by atoms with van der Waals surface area (Å²) >= 11 is 0. The minimum absolute atomic E-state index is 0. The predicted molar refractivity (Wildman–Crippen MR) is 49.2 cm³/mol. The Morgan fingerprint density at radius 3 is 2.00 bits per heavy atom. The molecular formula is C8H7NaO5. The first-order valence-electron chi connectivity index (χ1n) is 3.32. The topological polar surface area (TPSA) is 94.8 Å². The van der Waals surface area contributed by atoms with E-state index in [1.54, 1.807) is 0 Å². The number of carboxylic acid groups (broad SMARTS) is 2. The molecule has 0 radical (unpaired) electrons. The quantitative estimate of drug-likeness (QED) is 0.598. The molecule has 5 nitrogen and oxygen atoms in total. The Morgan fingerprint density at radius 2 is 1.64 bits per heavy atom. The van der Waals surface area contributed by atoms with Crippen molar-refractivity contribution in [2.24, 2.45) is 0 Å². The van der Waals surface area contributed by atoms with E-state index in [2.05, 4.69) is 0 Å². The normalized spacial score (nSPS) is 8.86. The number of carboxylic acids is 2. The standard InChI is InChI=1S/C8H6O5.Na.H/c9-5-3-1-2-4(7(10)11)6(5)8(12)13;;/h1-3,9H,(H,10,11)(H,12,13);;. The predicted octanol–water partition coefficient (Wildman–Crippen LogP) is 0.140. The van der Waals surface area contributed by atoms with Gasteiger partial charge in [0.15, 0.2) is 0 Å². The third-order valence-electron chi connectivity index (χ3n) is 1.49. The van der Waals surface area contributed by atoms with Gasteiger partial charge in [0, 0.05) is 0 Å². The summed E-state index contributed by atoms with van der Waals surface area (Å²) in [6.45, 7) is 0. The molecule has 0 amide bonds. The molecule has 70 valence electrons. The Hall–Kier alpha value is -1.04. The van der Waals surface area contributed by atoms with Crippen LogP contribution in [-0.2, 0) is 0 Å². The van der Waals surface area contributed by atoms with Crippen molar-refractivity contribution in [3.63, 3.8) is 0 Å². The molecule has 3 N–H and O–H groups in total. The molecule has 0 aliphatic carbocycles. The second kappa shape index (κ2) is 4.99. The van der Waals surface area contributed by atoms with Crippen molar-refractivity contribution in [3.05, 3.63) is 29.3 Å². The fourth-order valence-electron chi connectivity index (χ4n) is 0.943. The first-order chi connectivity index (χ1) is 6.04. The van der Waals surface area contributed by atoms with Gasteiger partial charge in [0.1, 0.15) is 11.3 Å². The molecule has 1 aromatic carbocycles. The van der Waals surface area contributed by atoms with Gasteiger partial charge in [0.05, 0.1) is 5.56 Å². The fraction of sp³-hybridized carbons (Fsp3) is 0. The maximum absolute atomic E-state index is 10.5. The van der Waals surface area contributed by atoms with Crippen molar-refractivity contribution in [3.8, 4) is 5.75 Å². The third-order valence-corrected chi connectivity index (χ3v) is 1.49. The van der Waals surface area contributed by atoms with Gasteiger partial charge in [-0.2, -0.15) is 0 Å². The van der Waals surface area contributed by atoms with Gasteiger partial charge in [-0.3, -0.25) is 0 Å². The van der Waals surface area contributed by atoms with Crippen LogP contribution in [0.5, 0.6) is 5.75 Å². The molecule has 0 bridgehead atoms. The van der Waals surface area contributed by atoms with E-state index >= 15 is 0 Å². The van der Waals surface area contributed by atoms with Crippen molar-refractivity contribution in [1.82, 2.24) is 0 Å². The molecule has 0 spiro atoms. The summed E-state index contributed by atoms with van der Waals surface area (Å²) in [4.78, 5) is 21.0. The zero-order valence-corrected chi connectivity index (χ0v) is 6.39. The van der Waals surface area contributed by atoms with E-state index in [-0.39, 0.29) is 29.6 Å². The van der Waals surface area contributed by atoms with Crippen LogP contribution in [0, 0.1) is 0 Å². The Labute approximate surface area is 101 Å². The fourth-order valence-corrected chi connectivity index (χ4v) is 0.943. The van der Waals surface area contributed by atoms with Crippen LogP contribution in [0.2, 0.25) is 0 Å². The molecule has 0 unspecified atom stereocenters. The van der Waals surface area contributed by atoms with Crippen molar-refractivity contribution in [2.45, 2.75) is 0 Å². The zero-order valence-electron chi connectivity index (χ0n) is 6.39. The maximum atomic E-state index is 10.5. The molecule has 0 saturated carbocycles. The molecule has 1 aromatic rings. The van der Waals surface area contributed by atoms with E-state index in [0.29, 0.717) is 0 Å². The van der Waals surface area contributed by atoms with E-state index < -0.39 is 28.8 Å². The molecule has 0 atom stereocenters. The van der Waals surface area contributed by atoms with Crippen LogP contribution in [0.4, 0.5) is 0 Å². The van der Waals surface area contributed by atoms with E-state index in [1.807, 2.05) is 0 Å². The minimum atomic E-state index is -1.46. The molecule has 0 aliphatic rings. The number of carbonyl (C=O) groups is 2. The summed E-state index contributed by atoms with van der Waals surface area (Å²) in [6, 6.07) is 3.51. The van der Waals surface area contributed by atoms with Crippen LogP contribution in [0.25, 0.3) is 0 Å². The molecule has 0 aromatic heterocycles.